The highest BCUT2D eigenvalue weighted by Crippen LogP contribution is 2.34. The molecule has 2 aromatic carbocycles. The van der Waals surface area contributed by atoms with E-state index in [0.717, 1.165) is 0 Å². The van der Waals surface area contributed by atoms with Gasteiger partial charge in [-0.05, 0) is 24.3 Å². The molecule has 0 amide bonds. The van der Waals surface area contributed by atoms with Crippen molar-refractivity contribution in [3.05, 3.63) is 58.9 Å². The average molecular weight is 266 g/mol. The number of hydrogen-bond donors (Lipinski definition) is 1. The molecule has 0 saturated heterocycles. The maximum absolute atomic E-state index is 13.2. The normalized spacial score (nSPS) is 10.4. The summed E-state index contributed by atoms with van der Waals surface area (Å²) in [6, 6.07) is 11.5. The summed E-state index contributed by atoms with van der Waals surface area (Å²) >= 11 is 6.15. The van der Waals surface area contributed by atoms with Gasteiger partial charge in [0.2, 0.25) is 0 Å². The molecule has 2 nitrogen and oxygen atoms in total. The molecule has 0 aliphatic rings. The van der Waals surface area contributed by atoms with E-state index in [2.05, 4.69) is 0 Å². The van der Waals surface area contributed by atoms with Crippen molar-refractivity contribution < 1.29 is 9.50 Å². The highest BCUT2D eigenvalue weighted by atomic mass is 35.5. The molecule has 0 saturated carbocycles. The summed E-state index contributed by atoms with van der Waals surface area (Å²) in [5, 5.41) is 9.86. The van der Waals surface area contributed by atoms with Gasteiger partial charge < -0.3 is 10.0 Å². The Morgan fingerprint density at radius 1 is 1.22 bits per heavy atom. The zero-order valence-electron chi connectivity index (χ0n) is 9.90. The molecule has 0 heterocycles. The van der Waals surface area contributed by atoms with E-state index in [1.54, 1.807) is 42.3 Å². The van der Waals surface area contributed by atoms with Crippen LogP contribution in [0.4, 0.5) is 15.8 Å². The third-order valence-corrected chi connectivity index (χ3v) is 3.08. The Hall–Kier alpha value is -1.58. The van der Waals surface area contributed by atoms with Gasteiger partial charge >= 0.3 is 0 Å². The van der Waals surface area contributed by atoms with Gasteiger partial charge in [0.05, 0.1) is 17.3 Å². The Morgan fingerprint density at radius 3 is 2.61 bits per heavy atom. The van der Waals surface area contributed by atoms with Crippen molar-refractivity contribution in [2.24, 2.45) is 0 Å². The van der Waals surface area contributed by atoms with Gasteiger partial charge in [-0.3, -0.25) is 0 Å². The number of halogens is 2. The molecular formula is C14H13ClFNO. The van der Waals surface area contributed by atoms with Crippen molar-refractivity contribution in [2.75, 3.05) is 11.9 Å². The Kier molecular flexibility index (Phi) is 3.84. The van der Waals surface area contributed by atoms with Gasteiger partial charge in [-0.25, -0.2) is 4.39 Å². The lowest BCUT2D eigenvalue weighted by atomic mass is 10.1. The smallest absolute Gasteiger partial charge is 0.125 e. The lowest BCUT2D eigenvalue weighted by Gasteiger charge is -2.23. The fourth-order valence-electron chi connectivity index (χ4n) is 1.88. The minimum absolute atomic E-state index is 0.116. The number of para-hydroxylation sites is 1. The van der Waals surface area contributed by atoms with Crippen molar-refractivity contribution in [1.82, 2.24) is 0 Å². The van der Waals surface area contributed by atoms with E-state index in [0.29, 0.717) is 22.0 Å². The fraction of sp³-hybridized carbons (Fsp3) is 0.143. The van der Waals surface area contributed by atoms with Crippen molar-refractivity contribution >= 4 is 23.0 Å². The van der Waals surface area contributed by atoms with Crippen molar-refractivity contribution in [3.63, 3.8) is 0 Å². The highest BCUT2D eigenvalue weighted by Gasteiger charge is 2.13. The minimum Gasteiger partial charge on any atom is -0.392 e. The van der Waals surface area contributed by atoms with Crippen LogP contribution in [0, 0.1) is 5.82 Å². The molecule has 18 heavy (non-hydrogen) atoms. The summed E-state index contributed by atoms with van der Waals surface area (Å²) in [6.45, 7) is -0.116. The molecule has 1 N–H and O–H groups in total. The number of aliphatic hydroxyl groups is 1. The van der Waals surface area contributed by atoms with Gasteiger partial charge in [-0.2, -0.15) is 0 Å². The molecule has 0 radical (unpaired) electrons. The maximum atomic E-state index is 13.2. The molecule has 0 fully saturated rings. The van der Waals surface area contributed by atoms with Crippen molar-refractivity contribution in [2.45, 2.75) is 6.61 Å². The van der Waals surface area contributed by atoms with Crippen molar-refractivity contribution in [1.29, 1.82) is 0 Å². The third-order valence-electron chi connectivity index (χ3n) is 2.77. The van der Waals surface area contributed by atoms with Crippen LogP contribution in [0.25, 0.3) is 0 Å². The van der Waals surface area contributed by atoms with Gasteiger partial charge in [0.15, 0.2) is 0 Å². The monoisotopic (exact) mass is 265 g/mol. The van der Waals surface area contributed by atoms with Crippen LogP contribution in [0.2, 0.25) is 5.02 Å². The van der Waals surface area contributed by atoms with Crippen LogP contribution in [0.3, 0.4) is 0 Å². The first-order valence-corrected chi connectivity index (χ1v) is 5.89. The van der Waals surface area contributed by atoms with E-state index in [1.807, 2.05) is 0 Å². The number of benzene rings is 2. The number of nitrogens with zero attached hydrogens (tertiary/aromatic N) is 1. The Balaban J connectivity index is 2.48. The zero-order chi connectivity index (χ0) is 13.1. The number of anilines is 2. The van der Waals surface area contributed by atoms with Crippen LogP contribution in [-0.4, -0.2) is 12.2 Å². The molecule has 2 aromatic rings. The topological polar surface area (TPSA) is 23.5 Å². The number of hydrogen-bond acceptors (Lipinski definition) is 2. The molecule has 94 valence electrons. The van der Waals surface area contributed by atoms with E-state index in [9.17, 15) is 9.50 Å². The van der Waals surface area contributed by atoms with E-state index in [4.69, 9.17) is 11.6 Å². The maximum Gasteiger partial charge on any atom is 0.125 e. The second-order valence-electron chi connectivity index (χ2n) is 3.94. The van der Waals surface area contributed by atoms with Crippen LogP contribution < -0.4 is 4.90 Å². The summed E-state index contributed by atoms with van der Waals surface area (Å²) in [6.07, 6.45) is 0. The third kappa shape index (κ3) is 2.47. The van der Waals surface area contributed by atoms with Gasteiger partial charge in [0, 0.05) is 18.3 Å². The Morgan fingerprint density at radius 2 is 1.94 bits per heavy atom. The predicted octanol–water partition coefficient (Wildman–Crippen LogP) is 3.74. The van der Waals surface area contributed by atoms with E-state index >= 15 is 0 Å². The standard InChI is InChI=1S/C14H13ClFNO/c1-17(12-6-3-5-11(16)8-12)14-10(9-18)4-2-7-13(14)15/h2-8,18H,9H2,1H3. The first-order chi connectivity index (χ1) is 8.63. The molecule has 4 heteroatoms. The minimum atomic E-state index is -0.308. The molecule has 0 aromatic heterocycles. The fourth-order valence-corrected chi connectivity index (χ4v) is 2.20. The second-order valence-corrected chi connectivity index (χ2v) is 4.35. The molecule has 0 bridgehead atoms. The first kappa shape index (κ1) is 12.9. The van der Waals surface area contributed by atoms with Crippen LogP contribution >= 0.6 is 11.6 Å². The van der Waals surface area contributed by atoms with Gasteiger partial charge in [-0.15, -0.1) is 0 Å². The number of rotatable bonds is 3. The Labute approximate surface area is 110 Å². The molecular weight excluding hydrogens is 253 g/mol. The molecule has 0 aliphatic carbocycles. The molecule has 2 rings (SSSR count). The lowest BCUT2D eigenvalue weighted by Crippen LogP contribution is -2.12. The van der Waals surface area contributed by atoms with Gasteiger partial charge in [0.1, 0.15) is 5.82 Å². The lowest BCUT2D eigenvalue weighted by molar-refractivity contribution is 0.282. The Bertz CT molecular complexity index is 559. The van der Waals surface area contributed by atoms with E-state index in [1.165, 1.54) is 12.1 Å². The van der Waals surface area contributed by atoms with Crippen LogP contribution in [0.5, 0.6) is 0 Å². The molecule has 0 spiro atoms. The molecule has 0 aliphatic heterocycles. The van der Waals surface area contributed by atoms with Crippen LogP contribution in [-0.2, 0) is 6.61 Å². The van der Waals surface area contributed by atoms with Gasteiger partial charge in [0.25, 0.3) is 0 Å². The summed E-state index contributed by atoms with van der Waals surface area (Å²) < 4.78 is 13.2. The predicted molar refractivity (Wildman–Crippen MR) is 71.8 cm³/mol. The van der Waals surface area contributed by atoms with Crippen molar-refractivity contribution in [3.8, 4) is 0 Å². The first-order valence-electron chi connectivity index (χ1n) is 5.51. The average Bonchev–Trinajstić information content (AvgIpc) is 2.37. The van der Waals surface area contributed by atoms with Gasteiger partial charge in [-0.1, -0.05) is 29.8 Å². The SMILES string of the molecule is CN(c1cccc(F)c1)c1c(Cl)cccc1CO. The quantitative estimate of drug-likeness (QED) is 0.914. The summed E-state index contributed by atoms with van der Waals surface area (Å²) in [4.78, 5) is 1.76. The molecule has 0 atom stereocenters. The summed E-state index contributed by atoms with van der Waals surface area (Å²) in [7, 11) is 1.79. The van der Waals surface area contributed by atoms with E-state index in [-0.39, 0.29) is 12.4 Å². The highest BCUT2D eigenvalue weighted by molar-refractivity contribution is 6.33. The summed E-state index contributed by atoms with van der Waals surface area (Å²) in [5.41, 5.74) is 2.07. The second kappa shape index (κ2) is 5.38. The zero-order valence-corrected chi connectivity index (χ0v) is 10.7. The van der Waals surface area contributed by atoms with Crippen LogP contribution in [0.15, 0.2) is 42.5 Å². The largest absolute Gasteiger partial charge is 0.392 e. The summed E-state index contributed by atoms with van der Waals surface area (Å²) in [5.74, 6) is -0.308. The molecule has 0 unspecified atom stereocenters. The number of aliphatic hydroxyl groups excluding tert-OH is 1. The van der Waals surface area contributed by atoms with E-state index < -0.39 is 0 Å². The van der Waals surface area contributed by atoms with Crippen LogP contribution in [0.1, 0.15) is 5.56 Å².